The van der Waals surface area contributed by atoms with Crippen LogP contribution < -0.4 is 24.8 Å². The number of methoxy groups -OCH3 is 1. The summed E-state index contributed by atoms with van der Waals surface area (Å²) in [5.41, 5.74) is -4.59. The number of carbonyl (C=O) groups is 4. The lowest BCUT2D eigenvalue weighted by Gasteiger charge is -2.34. The number of amides is 4. The number of nitrogens with zero attached hydrogens (tertiary/aromatic N) is 2. The first-order valence-corrected chi connectivity index (χ1v) is 20.7. The van der Waals surface area contributed by atoms with Gasteiger partial charge in [-0.05, 0) is 94.7 Å². The van der Waals surface area contributed by atoms with Crippen molar-refractivity contribution >= 4 is 44.6 Å². The van der Waals surface area contributed by atoms with Gasteiger partial charge in [-0.1, -0.05) is 26.0 Å². The minimum atomic E-state index is -4.94. The molecule has 3 heterocycles. The van der Waals surface area contributed by atoms with Crippen LogP contribution in [-0.2, 0) is 29.1 Å². The third kappa shape index (κ3) is 8.54. The number of carbonyl (C=O) groups excluding carboxylic acids is 4. The van der Waals surface area contributed by atoms with Crippen LogP contribution in [0.4, 0.5) is 22.4 Å². The predicted octanol–water partition coefficient (Wildman–Crippen LogP) is 5.05. The number of sulfonamides is 1. The molecule has 2 saturated carbocycles. The van der Waals surface area contributed by atoms with E-state index >= 15 is 0 Å². The molecular weight excluding hydrogens is 791 g/mol. The largest absolute Gasteiger partial charge is 0.494 e. The molecule has 318 valence electrons. The van der Waals surface area contributed by atoms with E-state index in [1.54, 1.807) is 19.1 Å². The van der Waals surface area contributed by atoms with E-state index < -0.39 is 91.7 Å². The molecule has 58 heavy (non-hydrogen) atoms. The number of nitrogens with one attached hydrogen (secondary N) is 3. The van der Waals surface area contributed by atoms with Crippen molar-refractivity contribution in [1.82, 2.24) is 25.2 Å². The molecule has 6 rings (SSSR count). The second-order valence-electron chi connectivity index (χ2n) is 16.8. The highest BCUT2D eigenvalue weighted by molar-refractivity contribution is 7.91. The molecule has 2 aromatic rings. The quantitative estimate of drug-likeness (QED) is 0.240. The van der Waals surface area contributed by atoms with Gasteiger partial charge >= 0.3 is 12.3 Å². The maximum absolute atomic E-state index is 14.9. The normalized spacial score (nSPS) is 28.9. The molecule has 2 aliphatic heterocycles. The fourth-order valence-corrected chi connectivity index (χ4v) is 8.91. The van der Waals surface area contributed by atoms with Gasteiger partial charge < -0.3 is 29.7 Å². The summed E-state index contributed by atoms with van der Waals surface area (Å²) in [6.07, 6.45) is -0.392. The van der Waals surface area contributed by atoms with Gasteiger partial charge in [-0.25, -0.2) is 22.6 Å². The van der Waals surface area contributed by atoms with Crippen molar-refractivity contribution in [3.05, 3.63) is 42.4 Å². The monoisotopic (exact) mass is 839 g/mol. The molecular formula is C39H49F4N5O9S. The van der Waals surface area contributed by atoms with Gasteiger partial charge in [-0.3, -0.25) is 19.1 Å². The maximum atomic E-state index is 14.9. The summed E-state index contributed by atoms with van der Waals surface area (Å²) in [7, 11) is -2.79. The number of hydrogen-bond donors (Lipinski definition) is 3. The summed E-state index contributed by atoms with van der Waals surface area (Å²) in [5.74, 6) is -4.68. The minimum absolute atomic E-state index is 0.0250. The molecule has 3 N–H and O–H groups in total. The molecule has 14 nitrogen and oxygen atoms in total. The number of ether oxygens (including phenoxy) is 3. The van der Waals surface area contributed by atoms with E-state index in [-0.39, 0.29) is 42.3 Å². The zero-order valence-electron chi connectivity index (χ0n) is 33.1. The van der Waals surface area contributed by atoms with Crippen LogP contribution in [0.3, 0.4) is 0 Å². The molecule has 7 atom stereocenters. The lowest BCUT2D eigenvalue weighted by Crippen LogP contribution is -2.59. The highest BCUT2D eigenvalue weighted by atomic mass is 32.2. The average molecular weight is 840 g/mol. The smallest absolute Gasteiger partial charge is 0.427 e. The van der Waals surface area contributed by atoms with Gasteiger partial charge in [-0.15, -0.1) is 0 Å². The van der Waals surface area contributed by atoms with E-state index in [9.17, 15) is 45.2 Å². The SMILES string of the molecule is COc1cc2ccnc(O[C@@H]3C[C@H]4C(=O)N[C@]5(C(=O)NS(=O)(=O)C6(C)CC6)C[C@H]5C=CCC[C@@H](C)C[C@@H](C)[C@H](NC(=O)OC(C)(C)C(F)(F)F)C(=O)N4C3)c2cc1F. The molecule has 19 heteroatoms. The summed E-state index contributed by atoms with van der Waals surface area (Å²) in [5, 5.41) is 5.86. The molecule has 0 spiro atoms. The van der Waals surface area contributed by atoms with Crippen LogP contribution in [0, 0.1) is 23.6 Å². The topological polar surface area (TPSA) is 182 Å². The Hall–Kier alpha value is -4.68. The number of aromatic nitrogens is 1. The van der Waals surface area contributed by atoms with Crippen LogP contribution in [0.5, 0.6) is 11.6 Å². The Morgan fingerprint density at radius 1 is 1.10 bits per heavy atom. The van der Waals surface area contributed by atoms with Crippen LogP contribution in [-0.4, -0.2) is 96.0 Å². The van der Waals surface area contributed by atoms with Crippen LogP contribution in [0.2, 0.25) is 0 Å². The number of fused-ring (bicyclic) bond motifs is 3. The van der Waals surface area contributed by atoms with E-state index in [0.717, 1.165) is 4.90 Å². The summed E-state index contributed by atoms with van der Waals surface area (Å²) < 4.78 is 99.5. The fourth-order valence-electron chi connectivity index (χ4n) is 7.60. The van der Waals surface area contributed by atoms with Gasteiger partial charge in [0, 0.05) is 23.9 Å². The third-order valence-corrected chi connectivity index (χ3v) is 14.0. The lowest BCUT2D eigenvalue weighted by atomic mass is 9.88. The van der Waals surface area contributed by atoms with Gasteiger partial charge in [0.1, 0.15) is 23.7 Å². The first-order valence-electron chi connectivity index (χ1n) is 19.2. The lowest BCUT2D eigenvalue weighted by molar-refractivity contribution is -0.244. The zero-order valence-corrected chi connectivity index (χ0v) is 33.9. The molecule has 0 bridgehead atoms. The standard InChI is InChI=1S/C39H49F4N5O9S/c1-21-9-7-8-10-24-19-38(24,34(51)47-58(53,54)37(5)12-13-37)46-31(49)28-17-25(56-32-26-18-27(40)29(55-6)16-23(26)11-14-44-32)20-48(28)33(50)30(22(2)15-21)45-35(52)57-36(3,4)39(41,42)43/h8,10-11,14,16,18,21-22,24-25,28,30H,7,9,12-13,15,17,19-20H2,1-6H3,(H,45,52)(H,46,49)(H,47,51)/t21-,22-,24-,25-,28+,30+,38-/m1/s1. The van der Waals surface area contributed by atoms with E-state index in [2.05, 4.69) is 20.3 Å². The molecule has 1 aromatic carbocycles. The van der Waals surface area contributed by atoms with Crippen LogP contribution in [0.15, 0.2) is 36.5 Å². The average Bonchev–Trinajstić information content (AvgIpc) is 4.01. The minimum Gasteiger partial charge on any atom is -0.494 e. The van der Waals surface area contributed by atoms with E-state index in [0.29, 0.717) is 51.3 Å². The second-order valence-corrected chi connectivity index (χ2v) is 19.0. The molecule has 0 unspecified atom stereocenters. The van der Waals surface area contributed by atoms with Crippen molar-refractivity contribution in [3.63, 3.8) is 0 Å². The molecule has 1 saturated heterocycles. The van der Waals surface area contributed by atoms with Crippen molar-refractivity contribution < 1.29 is 59.4 Å². The molecule has 0 radical (unpaired) electrons. The number of allylic oxidation sites excluding steroid dienone is 1. The van der Waals surface area contributed by atoms with Gasteiger partial charge in [-0.2, -0.15) is 13.2 Å². The number of rotatable bonds is 8. The zero-order chi connectivity index (χ0) is 42.6. The number of alkyl carbamates (subject to hydrolysis) is 1. The Kier molecular flexibility index (Phi) is 11.5. The third-order valence-electron chi connectivity index (χ3n) is 11.8. The summed E-state index contributed by atoms with van der Waals surface area (Å²) in [6, 6.07) is 1.34. The molecule has 4 amide bonds. The van der Waals surface area contributed by atoms with Crippen LogP contribution in [0.25, 0.3) is 10.8 Å². The fraction of sp³-hybridized carbons (Fsp3) is 0.615. The van der Waals surface area contributed by atoms with Crippen molar-refractivity contribution in [3.8, 4) is 11.6 Å². The number of alkyl halides is 3. The number of halogens is 4. The van der Waals surface area contributed by atoms with Gasteiger partial charge in [0.25, 0.3) is 5.91 Å². The molecule has 3 fully saturated rings. The van der Waals surface area contributed by atoms with E-state index in [4.69, 9.17) is 14.2 Å². The Labute approximate surface area is 333 Å². The van der Waals surface area contributed by atoms with Crippen LogP contribution >= 0.6 is 0 Å². The van der Waals surface area contributed by atoms with Crippen molar-refractivity contribution in [2.24, 2.45) is 17.8 Å². The Morgan fingerprint density at radius 3 is 2.47 bits per heavy atom. The summed E-state index contributed by atoms with van der Waals surface area (Å²) >= 11 is 0. The summed E-state index contributed by atoms with van der Waals surface area (Å²) in [6.45, 7) is 6.12. The summed E-state index contributed by atoms with van der Waals surface area (Å²) in [4.78, 5) is 61.5. The first kappa shape index (κ1) is 42.9. The van der Waals surface area contributed by atoms with E-state index in [1.807, 2.05) is 13.0 Å². The van der Waals surface area contributed by atoms with Gasteiger partial charge in [0.15, 0.2) is 11.6 Å². The van der Waals surface area contributed by atoms with E-state index in [1.165, 1.54) is 32.4 Å². The Bertz CT molecular complexity index is 2110. The molecule has 4 aliphatic rings. The highest BCUT2D eigenvalue weighted by Gasteiger charge is 2.63. The van der Waals surface area contributed by atoms with Crippen LogP contribution in [0.1, 0.15) is 79.6 Å². The number of hydrogen-bond acceptors (Lipinski definition) is 10. The maximum Gasteiger partial charge on any atom is 0.427 e. The number of pyridine rings is 1. The Balaban J connectivity index is 1.36. The van der Waals surface area contributed by atoms with Gasteiger partial charge in [0.05, 0.1) is 18.4 Å². The predicted molar refractivity (Wildman–Crippen MR) is 201 cm³/mol. The van der Waals surface area contributed by atoms with Gasteiger partial charge in [0.2, 0.25) is 33.3 Å². The molecule has 2 aliphatic carbocycles. The second kappa shape index (κ2) is 15.5. The van der Waals surface area contributed by atoms with Crippen molar-refractivity contribution in [1.29, 1.82) is 0 Å². The number of benzene rings is 1. The molecule has 1 aromatic heterocycles. The Morgan fingerprint density at radius 2 is 1.81 bits per heavy atom. The van der Waals surface area contributed by atoms with Crippen molar-refractivity contribution in [2.45, 2.75) is 120 Å². The van der Waals surface area contributed by atoms with Crippen molar-refractivity contribution in [2.75, 3.05) is 13.7 Å². The highest BCUT2D eigenvalue weighted by Crippen LogP contribution is 2.48. The first-order chi connectivity index (χ1) is 27.0.